The number of aliphatic hydroxyl groups is 1. The molecule has 1 heterocycles. The summed E-state index contributed by atoms with van der Waals surface area (Å²) in [5.74, 6) is -10.3. The Hall–Kier alpha value is -7.46. The number of carbonyl (C=O) groups is 12. The van der Waals surface area contributed by atoms with Crippen molar-refractivity contribution in [1.29, 1.82) is 0 Å². The molecule has 1 aliphatic heterocycles. The summed E-state index contributed by atoms with van der Waals surface area (Å²) in [6.45, 7) is 15.0. The van der Waals surface area contributed by atoms with Crippen LogP contribution in [-0.4, -0.2) is 213 Å². The number of unbranched alkanes of at least 4 members (excludes halogenated alkanes) is 4. The van der Waals surface area contributed by atoms with Gasteiger partial charge in [-0.3, -0.25) is 38.4 Å². The Morgan fingerprint density at radius 3 is 1.73 bits per heavy atom. The quantitative estimate of drug-likeness (QED) is 0.0414. The van der Waals surface area contributed by atoms with Crippen LogP contribution in [0.1, 0.15) is 176 Å². The van der Waals surface area contributed by atoms with Gasteiger partial charge in [0.1, 0.15) is 30.2 Å². The van der Waals surface area contributed by atoms with Crippen LogP contribution < -0.4 is 31.9 Å². The molecule has 1 aromatic rings. The molecule has 1 aromatic carbocycles. The molecule has 11 N–H and O–H groups in total. The molecular weight excluding hydrogens is 1200 g/mol. The van der Waals surface area contributed by atoms with Crippen LogP contribution in [0.15, 0.2) is 30.3 Å². The molecule has 1 fully saturated rings. The Morgan fingerprint density at radius 1 is 0.630 bits per heavy atom. The van der Waals surface area contributed by atoms with Crippen molar-refractivity contribution < 1.29 is 92.5 Å². The third kappa shape index (κ3) is 26.6. The van der Waals surface area contributed by atoms with E-state index in [1.165, 1.54) is 31.1 Å². The van der Waals surface area contributed by atoms with Crippen molar-refractivity contribution in [3.05, 3.63) is 35.9 Å². The summed E-state index contributed by atoms with van der Waals surface area (Å²) in [5.41, 5.74) is 0.657. The van der Waals surface area contributed by atoms with Crippen molar-refractivity contribution in [2.75, 3.05) is 41.4 Å². The average Bonchev–Trinajstić information content (AvgIpc) is 1.43. The Morgan fingerprint density at radius 2 is 1.20 bits per heavy atom. The number of carbonyl (C=O) groups excluding carboxylic acids is 8. The number of ether oxygens (including phenoxy) is 2. The summed E-state index contributed by atoms with van der Waals surface area (Å²) in [7, 11) is 6.00. The topological polar surface area (TPSA) is 406 Å². The molecule has 28 nitrogen and oxygen atoms in total. The molecule has 1 unspecified atom stereocenters. The largest absolute Gasteiger partial charge is 0.481 e. The van der Waals surface area contributed by atoms with Gasteiger partial charge in [0.15, 0.2) is 0 Å². The molecule has 9 amide bonds. The Labute approximate surface area is 540 Å². The van der Waals surface area contributed by atoms with Crippen molar-refractivity contribution in [3.63, 3.8) is 0 Å². The number of likely N-dealkylation sites (tertiary alicyclic amines) is 1. The lowest BCUT2D eigenvalue weighted by molar-refractivity contribution is -0.148. The molecule has 1 aliphatic rings. The van der Waals surface area contributed by atoms with Gasteiger partial charge in [-0.25, -0.2) is 19.2 Å². The summed E-state index contributed by atoms with van der Waals surface area (Å²) in [6.07, 6.45) is 0.485. The first-order valence-electron chi connectivity index (χ1n) is 32.1. The monoisotopic (exact) mass is 1300 g/mol. The minimum Gasteiger partial charge on any atom is -0.481 e. The van der Waals surface area contributed by atoms with E-state index in [4.69, 9.17) is 14.6 Å². The first-order valence-corrected chi connectivity index (χ1v) is 32.1. The fraction of sp³-hybridized carbons (Fsp3) is 0.719. The molecular formula is C64H105N9O19. The van der Waals surface area contributed by atoms with Gasteiger partial charge in [0.25, 0.3) is 0 Å². The summed E-state index contributed by atoms with van der Waals surface area (Å²) in [4.78, 5) is 159. The number of nitrogens with one attached hydrogen (secondary N) is 6. The highest BCUT2D eigenvalue weighted by molar-refractivity contribution is 5.93. The molecule has 2 rings (SSSR count). The minimum absolute atomic E-state index is 0.0221. The van der Waals surface area contributed by atoms with Crippen LogP contribution >= 0.6 is 0 Å². The van der Waals surface area contributed by atoms with Gasteiger partial charge in [-0.2, -0.15) is 0 Å². The molecule has 0 spiro atoms. The Kier molecular flexibility index (Phi) is 36.1. The molecule has 92 heavy (non-hydrogen) atoms. The van der Waals surface area contributed by atoms with Crippen molar-refractivity contribution in [1.82, 2.24) is 46.6 Å². The molecule has 520 valence electrons. The SMILES string of the molecule is CC[C@H](C)[C@@H](C(CC(=O)N1CCC[C@H]1[C@H](OC)[C@@H](C)C(=O)N[C@H](C)[C@@H](O)c1ccccc1)OC)N(C)C(=O)[C@@H](NC(=O)[C@H](C(C)C)N(C)C(=O)CC[C@H](NC(=O)CCCCCCC(=O)NCCCC[C@H](NC(=O)N[C@@H](CCC(=O)O)C(=O)O)C(=O)O)C(=O)O)C(C)C. The molecule has 0 aromatic heterocycles. The smallest absolute Gasteiger partial charge is 0.326 e. The highest BCUT2D eigenvalue weighted by Crippen LogP contribution is 2.30. The van der Waals surface area contributed by atoms with E-state index >= 15 is 0 Å². The van der Waals surface area contributed by atoms with Gasteiger partial charge in [0.2, 0.25) is 41.4 Å². The van der Waals surface area contributed by atoms with E-state index in [0.29, 0.717) is 63.5 Å². The number of carboxylic acids is 4. The van der Waals surface area contributed by atoms with Gasteiger partial charge >= 0.3 is 29.9 Å². The molecule has 28 heteroatoms. The minimum atomic E-state index is -1.54. The fourth-order valence-electron chi connectivity index (χ4n) is 11.6. The van der Waals surface area contributed by atoms with Gasteiger partial charge in [-0.1, -0.05) is 98.1 Å². The molecule has 13 atom stereocenters. The molecule has 0 aliphatic carbocycles. The maximum absolute atomic E-state index is 14.7. The lowest BCUT2D eigenvalue weighted by Crippen LogP contribution is -2.60. The second kappa shape index (κ2) is 41.2. The summed E-state index contributed by atoms with van der Waals surface area (Å²) < 4.78 is 12.0. The van der Waals surface area contributed by atoms with Gasteiger partial charge in [-0.05, 0) is 88.0 Å². The zero-order valence-electron chi connectivity index (χ0n) is 55.8. The van der Waals surface area contributed by atoms with Crippen molar-refractivity contribution in [2.45, 2.75) is 231 Å². The number of aliphatic carboxylic acids is 4. The number of hydrogen-bond acceptors (Lipinski definition) is 15. The Balaban J connectivity index is 1.96. The lowest BCUT2D eigenvalue weighted by Gasteiger charge is -2.41. The number of carboxylic acid groups (broad SMARTS) is 4. The molecule has 0 bridgehead atoms. The van der Waals surface area contributed by atoms with Crippen LogP contribution in [0.5, 0.6) is 0 Å². The van der Waals surface area contributed by atoms with E-state index in [0.717, 1.165) is 0 Å². The number of nitrogens with zero attached hydrogens (tertiary/aromatic N) is 3. The number of benzene rings is 1. The predicted octanol–water partition coefficient (Wildman–Crippen LogP) is 3.82. The Bertz CT molecular complexity index is 2580. The van der Waals surface area contributed by atoms with E-state index in [9.17, 15) is 78.0 Å². The first-order chi connectivity index (χ1) is 43.3. The number of methoxy groups -OCH3 is 2. The van der Waals surface area contributed by atoms with Gasteiger partial charge < -0.3 is 81.6 Å². The lowest BCUT2D eigenvalue weighted by atomic mass is 9.89. The number of hydrogen-bond donors (Lipinski definition) is 11. The standard InChI is InChI=1S/C64H105N9O19/c1-13-39(6)55(47(91-11)36-51(77)73-35-23-27-46(73)57(92-12)40(7)58(81)66-41(8)56(80)42-24-17-16-18-25-42)72(10)60(83)53(37(2)3)70-59(82)54(38(4)5)71(9)50(76)32-30-44(62(86)87)67-49(75)29-20-15-14-19-28-48(74)65-34-22-21-26-43(61(84)85)68-64(90)69-45(63(88)89)31-33-52(78)79/h16-18,24-25,37-41,43-47,53-57,80H,13-15,19-23,26-36H2,1-12H3,(H,65,74)(H,66,81)(H,67,75)(H,70,82)(H,78,79)(H,84,85)(H,86,87)(H,88,89)(H2,68,69,90)/t39-,40+,41+,43-,44-,45-,46-,47?,53-,54-,55-,56+,57+/m0/s1. The van der Waals surface area contributed by atoms with Crippen molar-refractivity contribution in [2.24, 2.45) is 23.7 Å². The highest BCUT2D eigenvalue weighted by Gasteiger charge is 2.44. The van der Waals surface area contributed by atoms with E-state index in [2.05, 4.69) is 31.9 Å². The van der Waals surface area contributed by atoms with E-state index < -0.39 is 151 Å². The summed E-state index contributed by atoms with van der Waals surface area (Å²) >= 11 is 0. The number of amides is 9. The van der Waals surface area contributed by atoms with Gasteiger partial charge in [-0.15, -0.1) is 0 Å². The van der Waals surface area contributed by atoms with Crippen LogP contribution in [0.2, 0.25) is 0 Å². The normalized spacial score (nSPS) is 17.0. The number of aliphatic hydroxyl groups excluding tert-OH is 1. The molecule has 0 radical (unpaired) electrons. The van der Waals surface area contributed by atoms with Crippen molar-refractivity contribution in [3.8, 4) is 0 Å². The fourth-order valence-corrected chi connectivity index (χ4v) is 11.6. The maximum atomic E-state index is 14.7. The highest BCUT2D eigenvalue weighted by atomic mass is 16.5. The van der Waals surface area contributed by atoms with E-state index in [-0.39, 0.29) is 75.1 Å². The average molecular weight is 1300 g/mol. The predicted molar refractivity (Wildman–Crippen MR) is 338 cm³/mol. The third-order valence-electron chi connectivity index (χ3n) is 17.1. The maximum Gasteiger partial charge on any atom is 0.326 e. The first kappa shape index (κ1) is 80.6. The third-order valence-corrected chi connectivity index (χ3v) is 17.1. The van der Waals surface area contributed by atoms with Gasteiger partial charge in [0.05, 0.1) is 48.8 Å². The van der Waals surface area contributed by atoms with Crippen molar-refractivity contribution >= 4 is 71.3 Å². The number of likely N-dealkylation sites (N-methyl/N-ethyl adjacent to an activating group) is 2. The van der Waals surface area contributed by atoms with Crippen LogP contribution in [0.25, 0.3) is 0 Å². The van der Waals surface area contributed by atoms with Crippen LogP contribution in [0, 0.1) is 23.7 Å². The van der Waals surface area contributed by atoms with Gasteiger partial charge in [0, 0.05) is 67.1 Å². The van der Waals surface area contributed by atoms with Crippen LogP contribution in [0.4, 0.5) is 4.79 Å². The summed E-state index contributed by atoms with van der Waals surface area (Å²) in [6, 6.07) is -0.306. The zero-order chi connectivity index (χ0) is 69.5. The second-order valence-corrected chi connectivity index (χ2v) is 24.8. The second-order valence-electron chi connectivity index (χ2n) is 24.8. The van der Waals surface area contributed by atoms with E-state index in [1.807, 2.05) is 19.9 Å². The molecule has 1 saturated heterocycles. The van der Waals surface area contributed by atoms with Crippen LogP contribution in [0.3, 0.4) is 0 Å². The zero-order valence-corrected chi connectivity index (χ0v) is 55.8. The molecule has 0 saturated carbocycles. The summed E-state index contributed by atoms with van der Waals surface area (Å²) in [5, 5.41) is 63.7. The van der Waals surface area contributed by atoms with Crippen LogP contribution in [-0.2, 0) is 62.2 Å². The number of rotatable bonds is 44. The number of urea groups is 1. The van der Waals surface area contributed by atoms with E-state index in [1.54, 1.807) is 77.8 Å².